The first-order valence-corrected chi connectivity index (χ1v) is 10.8. The SMILES string of the molecule is COCC[N+]1=C(/C=C2\C(=O)C(c3c[nH]c4ccccc34)=C2OC)C(C)(C)c2ccccc21. The van der Waals surface area contributed by atoms with E-state index in [2.05, 4.69) is 47.7 Å². The predicted octanol–water partition coefficient (Wildman–Crippen LogP) is 4.76. The molecule has 1 aromatic heterocycles. The number of ketones is 1. The molecule has 1 aliphatic heterocycles. The van der Waals surface area contributed by atoms with Crippen LogP contribution in [0.15, 0.2) is 72.1 Å². The molecule has 0 radical (unpaired) electrons. The standard InChI is InChI=1S/C27H26N2O3/c1-27(2)20-10-6-8-12-22(20)29(13-14-31-3)23(27)15-18-25(30)24(26(18)32-4)19-16-28-21-11-7-5-9-17(19)21/h5-12,15-16H,13-14H2,1-4H3/p+1. The number of allylic oxidation sites excluding steroid dienone is 3. The Kier molecular flexibility index (Phi) is 4.86. The van der Waals surface area contributed by atoms with E-state index in [0.717, 1.165) is 27.9 Å². The number of hydrogen-bond acceptors (Lipinski definition) is 3. The van der Waals surface area contributed by atoms with Crippen LogP contribution in [0.2, 0.25) is 0 Å². The minimum Gasteiger partial charge on any atom is -0.495 e. The van der Waals surface area contributed by atoms with Gasteiger partial charge in [-0.2, -0.15) is 4.58 Å². The first-order valence-electron chi connectivity index (χ1n) is 10.8. The lowest BCUT2D eigenvalue weighted by Gasteiger charge is -2.25. The van der Waals surface area contributed by atoms with E-state index >= 15 is 0 Å². The monoisotopic (exact) mass is 427 g/mol. The van der Waals surface area contributed by atoms with Crippen LogP contribution in [0.25, 0.3) is 16.5 Å². The highest BCUT2D eigenvalue weighted by Gasteiger charge is 2.46. The Morgan fingerprint density at radius 1 is 1.06 bits per heavy atom. The van der Waals surface area contributed by atoms with E-state index in [1.54, 1.807) is 14.2 Å². The van der Waals surface area contributed by atoms with E-state index in [1.165, 1.54) is 5.56 Å². The third-order valence-electron chi connectivity index (χ3n) is 6.61. The van der Waals surface area contributed by atoms with Gasteiger partial charge in [0.25, 0.3) is 0 Å². The van der Waals surface area contributed by atoms with Crippen molar-refractivity contribution in [2.45, 2.75) is 19.3 Å². The van der Waals surface area contributed by atoms with Gasteiger partial charge in [-0.05, 0) is 19.9 Å². The average molecular weight is 428 g/mol. The number of nitrogens with zero attached hydrogens (tertiary/aromatic N) is 1. The van der Waals surface area contributed by atoms with Crippen molar-refractivity contribution >= 4 is 33.7 Å². The van der Waals surface area contributed by atoms with Gasteiger partial charge in [0.2, 0.25) is 11.5 Å². The third-order valence-corrected chi connectivity index (χ3v) is 6.61. The van der Waals surface area contributed by atoms with Crippen LogP contribution in [0, 0.1) is 0 Å². The van der Waals surface area contributed by atoms with E-state index in [4.69, 9.17) is 9.47 Å². The number of Topliss-reactive ketones (excluding diaryl/α,β-unsaturated/α-hetero) is 1. The molecule has 1 N–H and O–H groups in total. The summed E-state index contributed by atoms with van der Waals surface area (Å²) in [5.74, 6) is 0.656. The number of hydrogen-bond donors (Lipinski definition) is 1. The molecule has 3 aromatic rings. The summed E-state index contributed by atoms with van der Waals surface area (Å²) in [6, 6.07) is 16.4. The molecule has 32 heavy (non-hydrogen) atoms. The number of rotatable bonds is 6. The number of para-hydroxylation sites is 2. The number of benzene rings is 2. The van der Waals surface area contributed by atoms with Gasteiger partial charge in [-0.1, -0.05) is 36.4 Å². The molecule has 0 saturated carbocycles. The Morgan fingerprint density at radius 3 is 2.59 bits per heavy atom. The van der Waals surface area contributed by atoms with Gasteiger partial charge >= 0.3 is 0 Å². The van der Waals surface area contributed by atoms with Crippen LogP contribution in [0.4, 0.5) is 5.69 Å². The number of carbonyl (C=O) groups is 1. The van der Waals surface area contributed by atoms with Gasteiger partial charge in [0.1, 0.15) is 12.4 Å². The van der Waals surface area contributed by atoms with Crippen molar-refractivity contribution in [2.75, 3.05) is 27.4 Å². The summed E-state index contributed by atoms with van der Waals surface area (Å²) >= 11 is 0. The Morgan fingerprint density at radius 2 is 1.81 bits per heavy atom. The van der Waals surface area contributed by atoms with Crippen LogP contribution in [0.5, 0.6) is 0 Å². The van der Waals surface area contributed by atoms with Crippen molar-refractivity contribution in [3.63, 3.8) is 0 Å². The maximum absolute atomic E-state index is 13.4. The second-order valence-electron chi connectivity index (χ2n) is 8.72. The van der Waals surface area contributed by atoms with Gasteiger partial charge < -0.3 is 14.5 Å². The number of H-pyrrole nitrogens is 1. The summed E-state index contributed by atoms with van der Waals surface area (Å²) in [6.45, 7) is 5.71. The molecule has 2 heterocycles. The molecule has 0 bridgehead atoms. The highest BCUT2D eigenvalue weighted by molar-refractivity contribution is 6.41. The van der Waals surface area contributed by atoms with E-state index < -0.39 is 0 Å². The van der Waals surface area contributed by atoms with Crippen molar-refractivity contribution < 1.29 is 18.8 Å². The number of fused-ring (bicyclic) bond motifs is 2. The maximum Gasteiger partial charge on any atom is 0.209 e. The van der Waals surface area contributed by atoms with Crippen LogP contribution in [-0.4, -0.2) is 48.4 Å². The first-order chi connectivity index (χ1) is 15.5. The largest absolute Gasteiger partial charge is 0.495 e. The lowest BCUT2D eigenvalue weighted by atomic mass is 9.77. The second kappa shape index (κ2) is 7.61. The zero-order chi connectivity index (χ0) is 22.5. The lowest BCUT2D eigenvalue weighted by Crippen LogP contribution is -2.31. The summed E-state index contributed by atoms with van der Waals surface area (Å²) in [7, 11) is 3.34. The number of aromatic amines is 1. The molecule has 0 spiro atoms. The molecule has 0 unspecified atom stereocenters. The van der Waals surface area contributed by atoms with E-state index in [-0.39, 0.29) is 11.2 Å². The van der Waals surface area contributed by atoms with Gasteiger partial charge in [0, 0.05) is 47.5 Å². The maximum atomic E-state index is 13.4. The lowest BCUT2D eigenvalue weighted by molar-refractivity contribution is -0.441. The molecule has 2 aromatic carbocycles. The molecule has 5 rings (SSSR count). The number of methoxy groups -OCH3 is 2. The Bertz CT molecular complexity index is 1340. The van der Waals surface area contributed by atoms with E-state index in [1.807, 2.05) is 36.5 Å². The summed E-state index contributed by atoms with van der Waals surface area (Å²) < 4.78 is 13.4. The predicted molar refractivity (Wildman–Crippen MR) is 126 cm³/mol. The topological polar surface area (TPSA) is 54.3 Å². The van der Waals surface area contributed by atoms with Crippen molar-refractivity contribution in [3.8, 4) is 0 Å². The van der Waals surface area contributed by atoms with Crippen molar-refractivity contribution in [1.82, 2.24) is 4.98 Å². The molecular weight excluding hydrogens is 400 g/mol. The molecule has 0 saturated heterocycles. The smallest absolute Gasteiger partial charge is 0.209 e. The Hall–Kier alpha value is -3.44. The van der Waals surface area contributed by atoms with Gasteiger partial charge in [-0.3, -0.25) is 4.79 Å². The molecule has 5 heteroatoms. The molecule has 1 aliphatic carbocycles. The van der Waals surface area contributed by atoms with Crippen LogP contribution in [0.3, 0.4) is 0 Å². The van der Waals surface area contributed by atoms with Crippen molar-refractivity contribution in [2.24, 2.45) is 0 Å². The Labute approximate surface area is 187 Å². The fourth-order valence-electron chi connectivity index (χ4n) is 4.94. The minimum atomic E-state index is -0.243. The summed E-state index contributed by atoms with van der Waals surface area (Å²) in [4.78, 5) is 16.6. The number of aromatic nitrogens is 1. The fraction of sp³-hybridized carbons (Fsp3) is 0.259. The summed E-state index contributed by atoms with van der Waals surface area (Å²) in [5, 5.41) is 1.02. The summed E-state index contributed by atoms with van der Waals surface area (Å²) in [5.41, 5.74) is 6.37. The van der Waals surface area contributed by atoms with Crippen LogP contribution >= 0.6 is 0 Å². The van der Waals surface area contributed by atoms with E-state index in [0.29, 0.717) is 30.1 Å². The highest BCUT2D eigenvalue weighted by Crippen LogP contribution is 2.44. The van der Waals surface area contributed by atoms with Crippen LogP contribution < -0.4 is 0 Å². The molecule has 0 atom stereocenters. The normalized spacial score (nSPS) is 18.5. The summed E-state index contributed by atoms with van der Waals surface area (Å²) in [6.07, 6.45) is 3.90. The van der Waals surface area contributed by atoms with Crippen molar-refractivity contribution in [3.05, 3.63) is 83.3 Å². The molecule has 0 fully saturated rings. The molecule has 0 amide bonds. The first kappa shape index (κ1) is 20.5. The average Bonchev–Trinajstić information content (AvgIpc) is 3.31. The van der Waals surface area contributed by atoms with Crippen LogP contribution in [-0.2, 0) is 19.7 Å². The van der Waals surface area contributed by atoms with Gasteiger partial charge in [0.15, 0.2) is 12.3 Å². The molecular formula is C27H27N2O3+. The zero-order valence-corrected chi connectivity index (χ0v) is 18.9. The number of ether oxygens (including phenoxy) is 2. The Balaban J connectivity index is 1.65. The highest BCUT2D eigenvalue weighted by atomic mass is 16.5. The quantitative estimate of drug-likeness (QED) is 0.456. The van der Waals surface area contributed by atoms with E-state index in [9.17, 15) is 4.79 Å². The minimum absolute atomic E-state index is 0.0116. The molecule has 162 valence electrons. The number of nitrogens with one attached hydrogen (secondary N) is 1. The molecule has 2 aliphatic rings. The van der Waals surface area contributed by atoms with Gasteiger partial charge in [-0.25, -0.2) is 0 Å². The van der Waals surface area contributed by atoms with Crippen LogP contribution in [0.1, 0.15) is 25.0 Å². The van der Waals surface area contributed by atoms with Gasteiger partial charge in [-0.15, -0.1) is 0 Å². The number of carbonyl (C=O) groups excluding carboxylic acids is 1. The molecule has 5 nitrogen and oxygen atoms in total. The second-order valence-corrected chi connectivity index (χ2v) is 8.72. The van der Waals surface area contributed by atoms with Crippen molar-refractivity contribution in [1.29, 1.82) is 0 Å². The third kappa shape index (κ3) is 2.88. The van der Waals surface area contributed by atoms with Gasteiger partial charge in [0.05, 0.1) is 23.7 Å². The fourth-order valence-corrected chi connectivity index (χ4v) is 4.94. The zero-order valence-electron chi connectivity index (χ0n) is 18.9.